The molecule has 4 aliphatic carbocycles. The monoisotopic (exact) mass is 540 g/mol. The van der Waals surface area contributed by atoms with Crippen LogP contribution in [0.25, 0.3) is 0 Å². The number of para-hydroxylation sites is 4. The molecule has 6 atom stereocenters. The van der Waals surface area contributed by atoms with E-state index in [1.807, 2.05) is 26.0 Å². The molecule has 3 unspecified atom stereocenters. The van der Waals surface area contributed by atoms with E-state index in [-0.39, 0.29) is 23.6 Å². The van der Waals surface area contributed by atoms with Crippen molar-refractivity contribution in [3.63, 3.8) is 0 Å². The molecule has 2 heterocycles. The highest BCUT2D eigenvalue weighted by Gasteiger charge is 2.76. The van der Waals surface area contributed by atoms with Gasteiger partial charge < -0.3 is 9.47 Å². The SMILES string of the molecule is CCOc1ccccc1N1C(=O)C2[C@H](C1=O)C1C=C3CCCCC32[C@H]2C(=O)N(c3ccccc3OCC)C(=O)[C@@H]12. The molecule has 206 valence electrons. The molecule has 2 saturated heterocycles. The molecule has 0 aromatic heterocycles. The van der Waals surface area contributed by atoms with Crippen LogP contribution in [0.1, 0.15) is 39.5 Å². The number of carbonyl (C=O) groups is 4. The van der Waals surface area contributed by atoms with Gasteiger partial charge in [0.2, 0.25) is 23.6 Å². The number of hydrogen-bond acceptors (Lipinski definition) is 6. The molecule has 40 heavy (non-hydrogen) atoms. The lowest BCUT2D eigenvalue weighted by atomic mass is 9.41. The number of hydrogen-bond donors (Lipinski definition) is 0. The Bertz CT molecular complexity index is 1390. The predicted octanol–water partition coefficient (Wildman–Crippen LogP) is 4.53. The van der Waals surface area contributed by atoms with E-state index in [2.05, 4.69) is 6.08 Å². The lowest BCUT2D eigenvalue weighted by molar-refractivity contribution is -0.151. The van der Waals surface area contributed by atoms with Crippen LogP contribution in [0, 0.1) is 35.0 Å². The maximum Gasteiger partial charge on any atom is 0.238 e. The van der Waals surface area contributed by atoms with Crippen molar-refractivity contribution in [2.75, 3.05) is 23.0 Å². The second-order valence-electron chi connectivity index (χ2n) is 11.3. The summed E-state index contributed by atoms with van der Waals surface area (Å²) in [7, 11) is 0. The summed E-state index contributed by atoms with van der Waals surface area (Å²) in [6, 6.07) is 14.2. The molecule has 4 amide bonds. The minimum Gasteiger partial charge on any atom is -0.492 e. The summed E-state index contributed by atoms with van der Waals surface area (Å²) < 4.78 is 11.6. The Morgan fingerprint density at radius 3 is 1.73 bits per heavy atom. The predicted molar refractivity (Wildman–Crippen MR) is 147 cm³/mol. The van der Waals surface area contributed by atoms with Crippen LogP contribution in [-0.4, -0.2) is 36.8 Å². The zero-order valence-electron chi connectivity index (χ0n) is 22.7. The molecule has 2 aliphatic heterocycles. The second kappa shape index (κ2) is 9.04. The zero-order chi connectivity index (χ0) is 27.8. The van der Waals surface area contributed by atoms with Crippen LogP contribution in [0.15, 0.2) is 60.2 Å². The highest BCUT2D eigenvalue weighted by Crippen LogP contribution is 2.70. The van der Waals surface area contributed by atoms with Crippen molar-refractivity contribution in [3.05, 3.63) is 60.2 Å². The van der Waals surface area contributed by atoms with Crippen LogP contribution in [0.4, 0.5) is 11.4 Å². The number of benzene rings is 2. The summed E-state index contributed by atoms with van der Waals surface area (Å²) in [6.07, 6.45) is 5.27. The van der Waals surface area contributed by atoms with Gasteiger partial charge in [0.15, 0.2) is 0 Å². The number of anilines is 2. The molecular formula is C32H32N2O6. The van der Waals surface area contributed by atoms with Gasteiger partial charge in [0.1, 0.15) is 11.5 Å². The van der Waals surface area contributed by atoms with E-state index < -0.39 is 35.0 Å². The highest BCUT2D eigenvalue weighted by atomic mass is 16.5. The van der Waals surface area contributed by atoms with E-state index in [0.29, 0.717) is 42.5 Å². The first kappa shape index (κ1) is 25.1. The van der Waals surface area contributed by atoms with Gasteiger partial charge >= 0.3 is 0 Å². The summed E-state index contributed by atoms with van der Waals surface area (Å²) in [5, 5.41) is 0. The van der Waals surface area contributed by atoms with Crippen molar-refractivity contribution in [2.24, 2.45) is 35.0 Å². The number of imide groups is 2. The van der Waals surface area contributed by atoms with E-state index in [4.69, 9.17) is 9.47 Å². The molecule has 4 fully saturated rings. The zero-order valence-corrected chi connectivity index (χ0v) is 22.7. The first-order valence-electron chi connectivity index (χ1n) is 14.4. The standard InChI is InChI=1S/C32H32N2O6/c1-3-39-22-14-7-5-12-20(22)33-28(35)24-19-17-18-11-9-10-16-32(18,26(24)30(33)37)27-25(19)29(36)34(31(27)38)21-13-6-8-15-23(21)40-4-2/h5-8,12-15,17,19,24-27H,3-4,9-11,16H2,1-2H3/t19?,24-,25+,26+,27?,32?/m0/s1. The maximum atomic E-state index is 14.4. The van der Waals surface area contributed by atoms with Gasteiger partial charge in [-0.3, -0.25) is 19.2 Å². The normalized spacial score (nSPS) is 32.1. The molecule has 8 rings (SSSR count). The molecule has 2 aromatic carbocycles. The third-order valence-corrected chi connectivity index (χ3v) is 9.73. The van der Waals surface area contributed by atoms with E-state index >= 15 is 0 Å². The Balaban J connectivity index is 1.37. The van der Waals surface area contributed by atoms with Gasteiger partial charge in [-0.1, -0.05) is 42.3 Å². The van der Waals surface area contributed by atoms with Crippen molar-refractivity contribution >= 4 is 35.0 Å². The average Bonchev–Trinajstić information content (AvgIpc) is 3.40. The quantitative estimate of drug-likeness (QED) is 0.395. The molecule has 8 heteroatoms. The van der Waals surface area contributed by atoms with Gasteiger partial charge in [0.25, 0.3) is 0 Å². The molecular weight excluding hydrogens is 508 g/mol. The van der Waals surface area contributed by atoms with Crippen LogP contribution < -0.4 is 19.3 Å². The lowest BCUT2D eigenvalue weighted by Crippen LogP contribution is -2.60. The van der Waals surface area contributed by atoms with Crippen LogP contribution in [0.2, 0.25) is 0 Å². The molecule has 0 N–H and O–H groups in total. The van der Waals surface area contributed by atoms with E-state index in [1.165, 1.54) is 9.80 Å². The largest absolute Gasteiger partial charge is 0.492 e. The molecule has 8 nitrogen and oxygen atoms in total. The number of amides is 4. The fourth-order valence-corrected chi connectivity index (χ4v) is 8.49. The first-order chi connectivity index (χ1) is 19.5. The van der Waals surface area contributed by atoms with Crippen LogP contribution in [0.3, 0.4) is 0 Å². The minimum atomic E-state index is -0.855. The van der Waals surface area contributed by atoms with E-state index in [0.717, 1.165) is 24.8 Å². The number of ether oxygens (including phenoxy) is 2. The molecule has 1 spiro atoms. The fraction of sp³-hybridized carbons (Fsp3) is 0.438. The number of rotatable bonds is 6. The lowest BCUT2D eigenvalue weighted by Gasteiger charge is -2.58. The highest BCUT2D eigenvalue weighted by molar-refractivity contribution is 6.27. The Hall–Kier alpha value is -3.94. The maximum absolute atomic E-state index is 14.4. The Labute approximate surface area is 232 Å². The summed E-state index contributed by atoms with van der Waals surface area (Å²) >= 11 is 0. The van der Waals surface area contributed by atoms with Gasteiger partial charge in [-0.25, -0.2) is 9.80 Å². The third-order valence-electron chi connectivity index (χ3n) is 9.73. The van der Waals surface area contributed by atoms with E-state index in [9.17, 15) is 19.2 Å². The van der Waals surface area contributed by atoms with Crippen LogP contribution >= 0.6 is 0 Å². The minimum absolute atomic E-state index is 0.286. The summed E-state index contributed by atoms with van der Waals surface area (Å²) in [6.45, 7) is 4.50. The van der Waals surface area contributed by atoms with Gasteiger partial charge in [-0.15, -0.1) is 0 Å². The summed E-state index contributed by atoms with van der Waals surface area (Å²) in [5.74, 6) is -3.51. The average molecular weight is 541 g/mol. The van der Waals surface area contributed by atoms with Crippen molar-refractivity contribution in [2.45, 2.75) is 39.5 Å². The Morgan fingerprint density at radius 2 is 1.23 bits per heavy atom. The summed E-state index contributed by atoms with van der Waals surface area (Å²) in [4.78, 5) is 59.8. The number of nitrogens with zero attached hydrogens (tertiary/aromatic N) is 2. The van der Waals surface area contributed by atoms with Gasteiger partial charge in [-0.05, 0) is 57.4 Å². The van der Waals surface area contributed by atoms with Crippen molar-refractivity contribution < 1.29 is 28.7 Å². The first-order valence-corrected chi connectivity index (χ1v) is 14.4. The molecule has 2 aromatic rings. The Kier molecular flexibility index (Phi) is 5.67. The number of carbonyl (C=O) groups excluding carboxylic acids is 4. The Morgan fingerprint density at radius 1 is 0.725 bits per heavy atom. The van der Waals surface area contributed by atoms with Crippen molar-refractivity contribution in [3.8, 4) is 11.5 Å². The molecule has 6 aliphatic rings. The smallest absolute Gasteiger partial charge is 0.238 e. The fourth-order valence-electron chi connectivity index (χ4n) is 8.49. The number of allylic oxidation sites excluding steroid dienone is 2. The molecule has 0 radical (unpaired) electrons. The van der Waals surface area contributed by atoms with Gasteiger partial charge in [-0.2, -0.15) is 0 Å². The van der Waals surface area contributed by atoms with Gasteiger partial charge in [0.05, 0.1) is 48.3 Å². The van der Waals surface area contributed by atoms with E-state index in [1.54, 1.807) is 36.4 Å². The van der Waals surface area contributed by atoms with Crippen molar-refractivity contribution in [1.82, 2.24) is 0 Å². The van der Waals surface area contributed by atoms with Gasteiger partial charge in [0, 0.05) is 11.3 Å². The second-order valence-corrected chi connectivity index (χ2v) is 11.3. The third kappa shape index (κ3) is 3.07. The topological polar surface area (TPSA) is 93.2 Å². The summed E-state index contributed by atoms with van der Waals surface area (Å²) in [5.41, 5.74) is 1.08. The molecule has 2 saturated carbocycles. The molecule has 2 bridgehead atoms. The van der Waals surface area contributed by atoms with Crippen LogP contribution in [0.5, 0.6) is 11.5 Å². The van der Waals surface area contributed by atoms with Crippen molar-refractivity contribution in [1.29, 1.82) is 0 Å². The van der Waals surface area contributed by atoms with Crippen LogP contribution in [-0.2, 0) is 19.2 Å².